The first kappa shape index (κ1) is 11.1. The van der Waals surface area contributed by atoms with Gasteiger partial charge in [-0.25, -0.2) is 9.97 Å². The molecule has 5 nitrogen and oxygen atoms in total. The van der Waals surface area contributed by atoms with Crippen molar-refractivity contribution in [3.8, 4) is 0 Å². The molecule has 0 amide bonds. The predicted molar refractivity (Wildman–Crippen MR) is 65.7 cm³/mol. The summed E-state index contributed by atoms with van der Waals surface area (Å²) < 4.78 is 0. The summed E-state index contributed by atoms with van der Waals surface area (Å²) in [5.41, 5.74) is 0.0175. The molecule has 1 aliphatic rings. The fourth-order valence-electron chi connectivity index (χ4n) is 1.49. The van der Waals surface area contributed by atoms with Crippen LogP contribution >= 0.6 is 0 Å². The molecule has 1 aliphatic heterocycles. The zero-order chi connectivity index (χ0) is 11.6. The zero-order valence-corrected chi connectivity index (χ0v) is 10.0. The molecule has 0 radical (unpaired) electrons. The van der Waals surface area contributed by atoms with E-state index in [4.69, 9.17) is 0 Å². The fraction of sp³-hybridized carbons (Fsp3) is 0.636. The first-order valence-corrected chi connectivity index (χ1v) is 5.60. The van der Waals surface area contributed by atoms with Crippen molar-refractivity contribution in [1.29, 1.82) is 0 Å². The molecule has 0 saturated carbocycles. The fourth-order valence-corrected chi connectivity index (χ4v) is 1.49. The van der Waals surface area contributed by atoms with E-state index < -0.39 is 0 Å². The third-order valence-corrected chi connectivity index (χ3v) is 2.30. The number of anilines is 2. The van der Waals surface area contributed by atoms with Crippen LogP contribution in [0.1, 0.15) is 20.8 Å². The number of hydrogen-bond acceptors (Lipinski definition) is 5. The van der Waals surface area contributed by atoms with Gasteiger partial charge in [0.05, 0.1) is 6.04 Å². The highest BCUT2D eigenvalue weighted by Gasteiger charge is 2.17. The molecule has 1 aromatic rings. The average molecular weight is 221 g/mol. The maximum absolute atomic E-state index is 4.20. The quantitative estimate of drug-likeness (QED) is 0.712. The van der Waals surface area contributed by atoms with Crippen LogP contribution in [0.15, 0.2) is 12.4 Å². The van der Waals surface area contributed by atoms with E-state index in [1.165, 1.54) is 0 Å². The van der Waals surface area contributed by atoms with Crippen LogP contribution in [0.3, 0.4) is 0 Å². The number of hydrogen-bond donors (Lipinski definition) is 3. The Morgan fingerprint density at radius 3 is 2.50 bits per heavy atom. The molecule has 3 N–H and O–H groups in total. The van der Waals surface area contributed by atoms with Crippen LogP contribution < -0.4 is 16.0 Å². The van der Waals surface area contributed by atoms with Crippen LogP contribution in [0.4, 0.5) is 11.6 Å². The topological polar surface area (TPSA) is 61.9 Å². The lowest BCUT2D eigenvalue weighted by Crippen LogP contribution is -2.51. The highest BCUT2D eigenvalue weighted by molar-refractivity contribution is 5.48. The van der Waals surface area contributed by atoms with Crippen molar-refractivity contribution < 1.29 is 0 Å². The van der Waals surface area contributed by atoms with Gasteiger partial charge >= 0.3 is 0 Å². The van der Waals surface area contributed by atoms with E-state index in [-0.39, 0.29) is 5.54 Å². The van der Waals surface area contributed by atoms with Crippen molar-refractivity contribution in [2.24, 2.45) is 0 Å². The van der Waals surface area contributed by atoms with E-state index in [1.807, 2.05) is 6.07 Å². The Morgan fingerprint density at radius 2 is 1.94 bits per heavy atom. The molecular formula is C11H19N5. The zero-order valence-electron chi connectivity index (χ0n) is 10.0. The molecule has 0 atom stereocenters. The van der Waals surface area contributed by atoms with Crippen LogP contribution in [0.25, 0.3) is 0 Å². The molecule has 1 aromatic heterocycles. The molecule has 0 bridgehead atoms. The molecule has 88 valence electrons. The monoisotopic (exact) mass is 221 g/mol. The van der Waals surface area contributed by atoms with E-state index in [0.717, 1.165) is 24.7 Å². The molecule has 2 heterocycles. The van der Waals surface area contributed by atoms with Gasteiger partial charge in [-0.15, -0.1) is 0 Å². The Bertz CT molecular complexity index is 354. The number of rotatable bonds is 3. The SMILES string of the molecule is CC(C)(C)Nc1cc(NC2CNC2)ncn1. The molecule has 0 unspecified atom stereocenters. The summed E-state index contributed by atoms with van der Waals surface area (Å²) in [6.45, 7) is 8.34. The normalized spacial score (nSPS) is 16.7. The van der Waals surface area contributed by atoms with Crippen molar-refractivity contribution in [2.45, 2.75) is 32.4 Å². The first-order chi connectivity index (χ1) is 7.53. The molecule has 1 fully saturated rings. The minimum absolute atomic E-state index is 0.0175. The van der Waals surface area contributed by atoms with E-state index in [0.29, 0.717) is 6.04 Å². The number of aromatic nitrogens is 2. The smallest absolute Gasteiger partial charge is 0.131 e. The molecule has 0 aromatic carbocycles. The molecule has 16 heavy (non-hydrogen) atoms. The molecule has 0 spiro atoms. The molecule has 5 heteroatoms. The average Bonchev–Trinajstić information content (AvgIpc) is 2.09. The van der Waals surface area contributed by atoms with E-state index in [9.17, 15) is 0 Å². The van der Waals surface area contributed by atoms with Crippen LogP contribution in [0.2, 0.25) is 0 Å². The van der Waals surface area contributed by atoms with Crippen molar-refractivity contribution >= 4 is 11.6 Å². The highest BCUT2D eigenvalue weighted by atomic mass is 15.1. The molecular weight excluding hydrogens is 202 g/mol. The molecule has 0 aliphatic carbocycles. The minimum Gasteiger partial charge on any atom is -0.365 e. The molecule has 1 saturated heterocycles. The predicted octanol–water partition coefficient (Wildman–Crippen LogP) is 1.07. The standard InChI is InChI=1S/C11H19N5/c1-11(2,3)16-10-4-9(13-7-14-10)15-8-5-12-6-8/h4,7-8,12H,5-6H2,1-3H3,(H2,13,14,15,16). The van der Waals surface area contributed by atoms with Gasteiger partial charge < -0.3 is 16.0 Å². The maximum Gasteiger partial charge on any atom is 0.131 e. The van der Waals surface area contributed by atoms with Gasteiger partial charge in [-0.2, -0.15) is 0 Å². The third kappa shape index (κ3) is 3.06. The second-order valence-corrected chi connectivity index (χ2v) is 5.16. The summed E-state index contributed by atoms with van der Waals surface area (Å²) in [6, 6.07) is 2.45. The summed E-state index contributed by atoms with van der Waals surface area (Å²) in [7, 11) is 0. The van der Waals surface area contributed by atoms with Crippen LogP contribution in [-0.4, -0.2) is 34.6 Å². The maximum atomic E-state index is 4.20. The van der Waals surface area contributed by atoms with E-state index >= 15 is 0 Å². The Morgan fingerprint density at radius 1 is 1.25 bits per heavy atom. The Kier molecular flexibility index (Phi) is 2.96. The van der Waals surface area contributed by atoms with Crippen molar-refractivity contribution in [3.05, 3.63) is 12.4 Å². The highest BCUT2D eigenvalue weighted by Crippen LogP contribution is 2.15. The lowest BCUT2D eigenvalue weighted by atomic mass is 10.1. The number of nitrogens with zero attached hydrogens (tertiary/aromatic N) is 2. The van der Waals surface area contributed by atoms with E-state index in [2.05, 4.69) is 46.7 Å². The third-order valence-electron chi connectivity index (χ3n) is 2.30. The summed E-state index contributed by atoms with van der Waals surface area (Å²) in [5.74, 6) is 1.74. The van der Waals surface area contributed by atoms with Crippen LogP contribution in [0.5, 0.6) is 0 Å². The minimum atomic E-state index is 0.0175. The summed E-state index contributed by atoms with van der Waals surface area (Å²) in [4.78, 5) is 8.40. The lowest BCUT2D eigenvalue weighted by molar-refractivity contribution is 0.471. The van der Waals surface area contributed by atoms with Crippen molar-refractivity contribution in [1.82, 2.24) is 15.3 Å². The summed E-state index contributed by atoms with van der Waals surface area (Å²) in [6.07, 6.45) is 1.59. The van der Waals surface area contributed by atoms with Gasteiger partial charge in [0.15, 0.2) is 0 Å². The molecule has 2 rings (SSSR count). The van der Waals surface area contributed by atoms with Crippen molar-refractivity contribution in [3.63, 3.8) is 0 Å². The van der Waals surface area contributed by atoms with Gasteiger partial charge in [-0.1, -0.05) is 0 Å². The summed E-state index contributed by atoms with van der Waals surface area (Å²) in [5, 5.41) is 9.89. The van der Waals surface area contributed by atoms with Gasteiger partial charge in [0.2, 0.25) is 0 Å². The van der Waals surface area contributed by atoms with Crippen LogP contribution in [-0.2, 0) is 0 Å². The largest absolute Gasteiger partial charge is 0.365 e. The second-order valence-electron chi connectivity index (χ2n) is 5.16. The van der Waals surface area contributed by atoms with Gasteiger partial charge in [-0.05, 0) is 20.8 Å². The van der Waals surface area contributed by atoms with Gasteiger partial charge in [-0.3, -0.25) is 0 Å². The van der Waals surface area contributed by atoms with E-state index in [1.54, 1.807) is 6.33 Å². The Labute approximate surface area is 96.1 Å². The van der Waals surface area contributed by atoms with Gasteiger partial charge in [0.25, 0.3) is 0 Å². The lowest BCUT2D eigenvalue weighted by Gasteiger charge is -2.28. The Hall–Kier alpha value is -1.36. The second kappa shape index (κ2) is 4.25. The van der Waals surface area contributed by atoms with Crippen molar-refractivity contribution in [2.75, 3.05) is 23.7 Å². The first-order valence-electron chi connectivity index (χ1n) is 5.60. The van der Waals surface area contributed by atoms with Gasteiger partial charge in [0, 0.05) is 24.7 Å². The van der Waals surface area contributed by atoms with Gasteiger partial charge in [0.1, 0.15) is 18.0 Å². The Balaban J connectivity index is 2.00. The number of nitrogens with one attached hydrogen (secondary N) is 3. The van der Waals surface area contributed by atoms with Crippen LogP contribution in [0, 0.1) is 0 Å². The summed E-state index contributed by atoms with van der Waals surface area (Å²) >= 11 is 0.